The molecule has 6 nitrogen and oxygen atoms in total. The molecule has 2 N–H and O–H groups in total. The van der Waals surface area contributed by atoms with Gasteiger partial charge in [0.2, 0.25) is 0 Å². The van der Waals surface area contributed by atoms with Crippen LogP contribution in [-0.2, 0) is 9.59 Å². The Morgan fingerprint density at radius 1 is 0.857 bits per heavy atom. The number of hydrogen-bond acceptors (Lipinski definition) is 4. The average molecular weight is 581 g/mol. The first-order chi connectivity index (χ1) is 19.6. The average Bonchev–Trinajstić information content (AvgIpc) is 3.28. The number of allylic oxidation sites excluding steroid dienone is 1. The van der Waals surface area contributed by atoms with Crippen molar-refractivity contribution in [3.63, 3.8) is 0 Å². The Kier molecular flexibility index (Phi) is 8.14. The molecule has 0 aliphatic heterocycles. The van der Waals surface area contributed by atoms with Gasteiger partial charge in [0, 0.05) is 35.8 Å². The Hall–Kier alpha value is -1.98. The highest BCUT2D eigenvalue weighted by molar-refractivity contribution is 5.91. The molecule has 5 saturated carbocycles. The first-order valence-electron chi connectivity index (χ1n) is 16.8. The van der Waals surface area contributed by atoms with E-state index < -0.39 is 11.9 Å². The van der Waals surface area contributed by atoms with Gasteiger partial charge in [-0.3, -0.25) is 19.6 Å². The fraction of sp³-hybridized carbons (Fsp3) is 0.833. The summed E-state index contributed by atoms with van der Waals surface area (Å²) in [5, 5.41) is 18.3. The summed E-state index contributed by atoms with van der Waals surface area (Å²) in [6, 6.07) is 0. The van der Waals surface area contributed by atoms with Gasteiger partial charge in [-0.05, 0) is 117 Å². The van der Waals surface area contributed by atoms with Gasteiger partial charge in [0.05, 0.1) is 12.8 Å². The predicted molar refractivity (Wildman–Crippen MR) is 169 cm³/mol. The Morgan fingerprint density at radius 2 is 1.55 bits per heavy atom. The number of carboxylic acid groups (broad SMARTS) is 2. The van der Waals surface area contributed by atoms with E-state index in [0.717, 1.165) is 25.7 Å². The van der Waals surface area contributed by atoms with Gasteiger partial charge in [-0.2, -0.15) is 0 Å². The van der Waals surface area contributed by atoms with Crippen molar-refractivity contribution in [1.29, 1.82) is 0 Å². The van der Waals surface area contributed by atoms with Gasteiger partial charge in [0.1, 0.15) is 0 Å². The SMILES string of the molecule is C=C(C)[C@@H]1CC[C@]2(C=NCCC(=O)O)CC[C@]3(C)[C@H](CC[C@@H]4[C@@]5(C)CCC(=NCCC(=O)O)C(C)(C)[C@@H]5CC[C@]43C)[C@@H]12. The summed E-state index contributed by atoms with van der Waals surface area (Å²) >= 11 is 0. The second-order valence-electron chi connectivity index (χ2n) is 16.3. The molecule has 234 valence electrons. The molecule has 0 heterocycles. The summed E-state index contributed by atoms with van der Waals surface area (Å²) < 4.78 is 0. The molecule has 0 saturated heterocycles. The molecule has 0 aromatic rings. The van der Waals surface area contributed by atoms with Gasteiger partial charge >= 0.3 is 11.9 Å². The number of aliphatic imine (C=N–C) groups is 2. The van der Waals surface area contributed by atoms with E-state index in [4.69, 9.17) is 15.1 Å². The van der Waals surface area contributed by atoms with Crippen LogP contribution in [-0.4, -0.2) is 47.2 Å². The number of hydrogen-bond donors (Lipinski definition) is 2. The molecular weight excluding hydrogens is 524 g/mol. The fourth-order valence-electron chi connectivity index (χ4n) is 12.2. The van der Waals surface area contributed by atoms with Gasteiger partial charge in [0.15, 0.2) is 0 Å². The van der Waals surface area contributed by atoms with E-state index >= 15 is 0 Å². The predicted octanol–water partition coefficient (Wildman–Crippen LogP) is 8.11. The third-order valence-electron chi connectivity index (χ3n) is 14.3. The van der Waals surface area contributed by atoms with Crippen molar-refractivity contribution in [3.05, 3.63) is 12.2 Å². The van der Waals surface area contributed by atoms with Crippen LogP contribution in [0.25, 0.3) is 0 Å². The number of fused-ring (bicyclic) bond motifs is 7. The molecule has 5 fully saturated rings. The quantitative estimate of drug-likeness (QED) is 0.224. The lowest BCUT2D eigenvalue weighted by molar-refractivity contribution is -0.222. The van der Waals surface area contributed by atoms with Crippen LogP contribution in [0.5, 0.6) is 0 Å². The van der Waals surface area contributed by atoms with E-state index in [1.165, 1.54) is 49.8 Å². The molecule has 0 aromatic carbocycles. The second kappa shape index (κ2) is 10.9. The van der Waals surface area contributed by atoms with Crippen LogP contribution in [0.2, 0.25) is 0 Å². The molecule has 5 rings (SSSR count). The molecule has 5 aliphatic rings. The van der Waals surface area contributed by atoms with E-state index in [-0.39, 0.29) is 39.9 Å². The number of nitrogens with zero attached hydrogens (tertiary/aromatic N) is 2. The van der Waals surface area contributed by atoms with Crippen molar-refractivity contribution in [2.75, 3.05) is 13.1 Å². The Morgan fingerprint density at radius 3 is 2.21 bits per heavy atom. The standard InChI is InChI=1S/C36H56N2O4/c1-23(2)24-10-17-36(22-37-20-13-29(39)40)19-18-34(6)25(31(24)36)8-9-27-33(5)15-12-28(38-21-14-30(41)42)32(3,4)26(33)11-16-35(27,34)7/h22,24-27,31H,1,8-21H2,2-7H3,(H,39,40)(H,41,42)/t24-,25+,26-,27+,31+,33-,34+,35+,36+/m0/s1. The zero-order valence-corrected chi connectivity index (χ0v) is 27.2. The molecule has 0 bridgehead atoms. The first kappa shape index (κ1) is 31.4. The van der Waals surface area contributed by atoms with E-state index in [9.17, 15) is 14.7 Å². The van der Waals surface area contributed by atoms with Crippen LogP contribution < -0.4 is 0 Å². The lowest BCUT2D eigenvalue weighted by atomic mass is 9.32. The largest absolute Gasteiger partial charge is 0.481 e. The number of carbonyl (C=O) groups is 2. The molecule has 0 unspecified atom stereocenters. The Balaban J connectivity index is 1.45. The first-order valence-corrected chi connectivity index (χ1v) is 16.8. The van der Waals surface area contributed by atoms with E-state index in [1.54, 1.807) is 0 Å². The van der Waals surface area contributed by atoms with Crippen LogP contribution in [0, 0.1) is 56.7 Å². The summed E-state index contributed by atoms with van der Waals surface area (Å²) in [6.07, 6.45) is 14.3. The molecule has 0 radical (unpaired) electrons. The highest BCUT2D eigenvalue weighted by Gasteiger charge is 2.70. The molecule has 0 aromatic heterocycles. The Labute approximate surface area is 253 Å². The minimum Gasteiger partial charge on any atom is -0.481 e. The lowest BCUT2D eigenvalue weighted by Crippen LogP contribution is -2.66. The topological polar surface area (TPSA) is 99.3 Å². The van der Waals surface area contributed by atoms with Crippen LogP contribution in [0.1, 0.15) is 119 Å². The molecule has 9 atom stereocenters. The van der Waals surface area contributed by atoms with Gasteiger partial charge < -0.3 is 10.2 Å². The number of aliphatic carboxylic acids is 2. The molecule has 0 amide bonds. The Bertz CT molecular complexity index is 1170. The monoisotopic (exact) mass is 580 g/mol. The van der Waals surface area contributed by atoms with Crippen molar-refractivity contribution in [1.82, 2.24) is 0 Å². The molecule has 0 spiro atoms. The lowest BCUT2D eigenvalue weighted by Gasteiger charge is -2.72. The molecule has 6 heteroatoms. The van der Waals surface area contributed by atoms with Crippen LogP contribution >= 0.6 is 0 Å². The van der Waals surface area contributed by atoms with Crippen molar-refractivity contribution in [2.45, 2.75) is 119 Å². The van der Waals surface area contributed by atoms with Crippen LogP contribution in [0.4, 0.5) is 0 Å². The third-order valence-corrected chi connectivity index (χ3v) is 14.3. The van der Waals surface area contributed by atoms with E-state index in [1.807, 2.05) is 0 Å². The van der Waals surface area contributed by atoms with E-state index in [2.05, 4.69) is 54.3 Å². The summed E-state index contributed by atoms with van der Waals surface area (Å²) in [6.45, 7) is 20.2. The molecular formula is C36H56N2O4. The summed E-state index contributed by atoms with van der Waals surface area (Å²) in [4.78, 5) is 32.0. The van der Waals surface area contributed by atoms with E-state index in [0.29, 0.717) is 42.7 Å². The normalized spacial score (nSPS) is 45.1. The highest BCUT2D eigenvalue weighted by Crippen LogP contribution is 2.77. The number of rotatable bonds is 8. The maximum atomic E-state index is 11.2. The van der Waals surface area contributed by atoms with Crippen molar-refractivity contribution < 1.29 is 19.8 Å². The maximum Gasteiger partial charge on any atom is 0.305 e. The summed E-state index contributed by atoms with van der Waals surface area (Å²) in [5.41, 5.74) is 3.41. The second-order valence-corrected chi connectivity index (χ2v) is 16.3. The van der Waals surface area contributed by atoms with Gasteiger partial charge in [-0.25, -0.2) is 0 Å². The maximum absolute atomic E-state index is 11.2. The van der Waals surface area contributed by atoms with Crippen LogP contribution in [0.15, 0.2) is 22.1 Å². The zero-order chi connectivity index (χ0) is 30.7. The number of carboxylic acids is 2. The minimum atomic E-state index is -0.774. The van der Waals surface area contributed by atoms with Crippen LogP contribution in [0.3, 0.4) is 0 Å². The van der Waals surface area contributed by atoms with Crippen molar-refractivity contribution >= 4 is 23.9 Å². The van der Waals surface area contributed by atoms with Crippen molar-refractivity contribution in [3.8, 4) is 0 Å². The van der Waals surface area contributed by atoms with Crippen molar-refractivity contribution in [2.24, 2.45) is 66.6 Å². The zero-order valence-electron chi connectivity index (χ0n) is 27.2. The van der Waals surface area contributed by atoms with Gasteiger partial charge in [0.25, 0.3) is 0 Å². The fourth-order valence-corrected chi connectivity index (χ4v) is 12.2. The summed E-state index contributed by atoms with van der Waals surface area (Å²) in [5.74, 6) is 1.39. The van der Waals surface area contributed by atoms with Gasteiger partial charge in [-0.15, -0.1) is 0 Å². The third kappa shape index (κ3) is 4.72. The van der Waals surface area contributed by atoms with Gasteiger partial charge in [-0.1, -0.05) is 46.8 Å². The molecule has 42 heavy (non-hydrogen) atoms. The smallest absolute Gasteiger partial charge is 0.305 e. The summed E-state index contributed by atoms with van der Waals surface area (Å²) in [7, 11) is 0. The highest BCUT2D eigenvalue weighted by atomic mass is 16.4. The minimum absolute atomic E-state index is 0.00474. The molecule has 5 aliphatic carbocycles.